The van der Waals surface area contributed by atoms with Gasteiger partial charge in [-0.3, -0.25) is 4.79 Å². The van der Waals surface area contributed by atoms with Crippen LogP contribution >= 0.6 is 0 Å². The molecule has 0 aliphatic heterocycles. The molecular formula is C27H30O3. The molecular weight excluding hydrogens is 372 g/mol. The molecule has 1 N–H and O–H groups in total. The van der Waals surface area contributed by atoms with Gasteiger partial charge in [0, 0.05) is 11.1 Å². The number of benzene rings is 3. The number of rotatable bonds is 11. The second-order valence-electron chi connectivity index (χ2n) is 7.61. The summed E-state index contributed by atoms with van der Waals surface area (Å²) in [5, 5.41) is 9.88. The predicted octanol–water partition coefficient (Wildman–Crippen LogP) is 6.56. The number of Topliss-reactive ketones (excluding diaryl/α,β-unsaturated/α-hetero) is 1. The number of carbonyl (C=O) groups excluding carboxylic acids is 1. The van der Waals surface area contributed by atoms with Gasteiger partial charge >= 0.3 is 0 Å². The molecule has 3 heteroatoms. The molecule has 156 valence electrons. The van der Waals surface area contributed by atoms with E-state index in [1.54, 1.807) is 13.2 Å². The van der Waals surface area contributed by atoms with Gasteiger partial charge in [-0.15, -0.1) is 0 Å². The van der Waals surface area contributed by atoms with Crippen LogP contribution in [0.15, 0.2) is 78.9 Å². The Morgan fingerprint density at radius 1 is 0.833 bits per heavy atom. The average molecular weight is 403 g/mol. The molecule has 3 aromatic rings. The standard InChI is InChI=1S/C27H30O3/c1-30-26-20-12-10-17-23(26)24(27(29)22-15-6-4-7-16-22)18-8-3-2-5-13-21-14-9-11-19-25(21)28/h4,6-7,9-12,14-17,19-20,24,28H,2-3,5,8,13,18H2,1H3. The first kappa shape index (κ1) is 21.6. The van der Waals surface area contributed by atoms with E-state index in [1.807, 2.05) is 72.8 Å². The molecule has 0 saturated carbocycles. The average Bonchev–Trinajstić information content (AvgIpc) is 2.80. The minimum absolute atomic E-state index is 0.148. The van der Waals surface area contributed by atoms with Crippen molar-refractivity contribution in [2.24, 2.45) is 0 Å². The summed E-state index contributed by atoms with van der Waals surface area (Å²) in [7, 11) is 1.65. The molecule has 0 bridgehead atoms. The van der Waals surface area contributed by atoms with Crippen LogP contribution in [0.4, 0.5) is 0 Å². The molecule has 3 rings (SSSR count). The predicted molar refractivity (Wildman–Crippen MR) is 121 cm³/mol. The van der Waals surface area contributed by atoms with Crippen LogP contribution in [0.25, 0.3) is 0 Å². The van der Waals surface area contributed by atoms with E-state index < -0.39 is 0 Å². The van der Waals surface area contributed by atoms with Crippen molar-refractivity contribution < 1.29 is 14.6 Å². The van der Waals surface area contributed by atoms with E-state index in [9.17, 15) is 9.90 Å². The number of unbranched alkanes of at least 4 members (excludes halogenated alkanes) is 3. The molecule has 30 heavy (non-hydrogen) atoms. The Morgan fingerprint density at radius 2 is 1.50 bits per heavy atom. The van der Waals surface area contributed by atoms with Crippen LogP contribution in [0, 0.1) is 0 Å². The van der Waals surface area contributed by atoms with E-state index >= 15 is 0 Å². The molecule has 3 nitrogen and oxygen atoms in total. The van der Waals surface area contributed by atoms with Gasteiger partial charge in [-0.2, -0.15) is 0 Å². The summed E-state index contributed by atoms with van der Waals surface area (Å²) in [5.41, 5.74) is 2.71. The first-order valence-electron chi connectivity index (χ1n) is 10.7. The number of ketones is 1. The van der Waals surface area contributed by atoms with Crippen molar-refractivity contribution in [3.63, 3.8) is 0 Å². The first-order valence-corrected chi connectivity index (χ1v) is 10.7. The van der Waals surface area contributed by atoms with Gasteiger partial charge in [0.1, 0.15) is 11.5 Å². The number of aryl methyl sites for hydroxylation is 1. The normalized spacial score (nSPS) is 11.8. The minimum Gasteiger partial charge on any atom is -0.508 e. The van der Waals surface area contributed by atoms with Gasteiger partial charge in [-0.05, 0) is 37.0 Å². The number of phenolic OH excluding ortho intramolecular Hbond substituents is 1. The van der Waals surface area contributed by atoms with E-state index in [-0.39, 0.29) is 11.7 Å². The summed E-state index contributed by atoms with van der Waals surface area (Å²) in [5.74, 6) is 1.09. The number of phenols is 1. The third kappa shape index (κ3) is 5.73. The monoisotopic (exact) mass is 402 g/mol. The van der Waals surface area contributed by atoms with Crippen LogP contribution in [-0.2, 0) is 6.42 Å². The molecule has 1 unspecified atom stereocenters. The lowest BCUT2D eigenvalue weighted by Crippen LogP contribution is -2.14. The molecule has 0 aliphatic carbocycles. The maximum atomic E-state index is 13.3. The topological polar surface area (TPSA) is 46.5 Å². The van der Waals surface area contributed by atoms with Crippen LogP contribution in [0.1, 0.15) is 59.5 Å². The molecule has 0 fully saturated rings. The van der Waals surface area contributed by atoms with Crippen molar-refractivity contribution in [3.05, 3.63) is 95.6 Å². The zero-order chi connectivity index (χ0) is 21.2. The number of carbonyl (C=O) groups is 1. The van der Waals surface area contributed by atoms with E-state index in [2.05, 4.69) is 0 Å². The molecule has 0 radical (unpaired) electrons. The van der Waals surface area contributed by atoms with Crippen LogP contribution in [-0.4, -0.2) is 18.0 Å². The lowest BCUT2D eigenvalue weighted by atomic mass is 9.85. The highest BCUT2D eigenvalue weighted by molar-refractivity contribution is 6.01. The first-order chi connectivity index (χ1) is 14.7. The Morgan fingerprint density at radius 3 is 2.27 bits per heavy atom. The molecule has 0 spiro atoms. The van der Waals surface area contributed by atoms with E-state index in [4.69, 9.17) is 4.74 Å². The molecule has 1 atom stereocenters. The summed E-state index contributed by atoms with van der Waals surface area (Å²) in [4.78, 5) is 13.3. The van der Waals surface area contributed by atoms with Crippen LogP contribution in [0.2, 0.25) is 0 Å². The number of aromatic hydroxyl groups is 1. The summed E-state index contributed by atoms with van der Waals surface area (Å²) in [6.45, 7) is 0. The lowest BCUT2D eigenvalue weighted by Gasteiger charge is -2.19. The Kier molecular flexibility index (Phi) is 8.08. The smallest absolute Gasteiger partial charge is 0.170 e. The number of para-hydroxylation sites is 2. The fourth-order valence-corrected chi connectivity index (χ4v) is 3.93. The van der Waals surface area contributed by atoms with Gasteiger partial charge < -0.3 is 9.84 Å². The van der Waals surface area contributed by atoms with Gasteiger partial charge in [0.05, 0.1) is 13.0 Å². The zero-order valence-corrected chi connectivity index (χ0v) is 17.6. The Hall–Kier alpha value is -3.07. The summed E-state index contributed by atoms with van der Waals surface area (Å²) >= 11 is 0. The van der Waals surface area contributed by atoms with Crippen LogP contribution in [0.3, 0.4) is 0 Å². The molecule has 0 heterocycles. The SMILES string of the molecule is COc1ccccc1C(CCCCCCc1ccccc1O)C(=O)c1ccccc1. The number of ether oxygens (including phenoxy) is 1. The fourth-order valence-electron chi connectivity index (χ4n) is 3.93. The Bertz CT molecular complexity index is 934. The van der Waals surface area contributed by atoms with Crippen molar-refractivity contribution >= 4 is 5.78 Å². The lowest BCUT2D eigenvalue weighted by molar-refractivity contribution is 0.0952. The largest absolute Gasteiger partial charge is 0.508 e. The van der Waals surface area contributed by atoms with Crippen LogP contribution in [0.5, 0.6) is 11.5 Å². The maximum absolute atomic E-state index is 13.3. The van der Waals surface area contributed by atoms with Crippen molar-refractivity contribution in [1.29, 1.82) is 0 Å². The van der Waals surface area contributed by atoms with Gasteiger partial charge in [0.2, 0.25) is 0 Å². The van der Waals surface area contributed by atoms with Crippen molar-refractivity contribution in [3.8, 4) is 11.5 Å². The van der Waals surface area contributed by atoms with E-state index in [0.717, 1.165) is 61.0 Å². The molecule has 3 aromatic carbocycles. The van der Waals surface area contributed by atoms with Crippen molar-refractivity contribution in [2.45, 2.75) is 44.4 Å². The maximum Gasteiger partial charge on any atom is 0.170 e. The Labute approximate surface area is 179 Å². The van der Waals surface area contributed by atoms with Crippen molar-refractivity contribution in [1.82, 2.24) is 0 Å². The van der Waals surface area contributed by atoms with E-state index in [1.165, 1.54) is 0 Å². The zero-order valence-electron chi connectivity index (χ0n) is 17.6. The summed E-state index contributed by atoms with van der Waals surface area (Å²) in [6, 6.07) is 24.9. The highest BCUT2D eigenvalue weighted by Crippen LogP contribution is 2.33. The summed E-state index contributed by atoms with van der Waals surface area (Å²) in [6.07, 6.45) is 5.82. The Balaban J connectivity index is 1.60. The second-order valence-corrected chi connectivity index (χ2v) is 7.61. The molecule has 0 aromatic heterocycles. The number of methoxy groups -OCH3 is 1. The van der Waals surface area contributed by atoms with Crippen molar-refractivity contribution in [2.75, 3.05) is 7.11 Å². The van der Waals surface area contributed by atoms with Gasteiger partial charge in [0.25, 0.3) is 0 Å². The van der Waals surface area contributed by atoms with Crippen LogP contribution < -0.4 is 4.74 Å². The highest BCUT2D eigenvalue weighted by atomic mass is 16.5. The van der Waals surface area contributed by atoms with Gasteiger partial charge in [-0.1, -0.05) is 86.0 Å². The van der Waals surface area contributed by atoms with Gasteiger partial charge in [0.15, 0.2) is 5.78 Å². The second kappa shape index (κ2) is 11.2. The molecule has 0 amide bonds. The fraction of sp³-hybridized carbons (Fsp3) is 0.296. The number of hydrogen-bond acceptors (Lipinski definition) is 3. The molecule has 0 aliphatic rings. The third-order valence-electron chi connectivity index (χ3n) is 5.57. The summed E-state index contributed by atoms with van der Waals surface area (Å²) < 4.78 is 5.54. The minimum atomic E-state index is -0.207. The number of hydrogen-bond donors (Lipinski definition) is 1. The third-order valence-corrected chi connectivity index (χ3v) is 5.57. The molecule has 0 saturated heterocycles. The highest BCUT2D eigenvalue weighted by Gasteiger charge is 2.24. The van der Waals surface area contributed by atoms with Gasteiger partial charge in [-0.25, -0.2) is 0 Å². The van der Waals surface area contributed by atoms with E-state index in [0.29, 0.717) is 5.75 Å². The quantitative estimate of drug-likeness (QED) is 0.292.